The SMILES string of the molecule is Cc1sc(NC(=O)c2ccc3c(c2)C(=O)N(C)C3=O)nc1-c1ccc(Cl)cc1. The molecule has 1 aliphatic heterocycles. The molecular weight excluding hydrogens is 398 g/mol. The third kappa shape index (κ3) is 3.08. The van der Waals surface area contributed by atoms with Crippen LogP contribution in [0.1, 0.15) is 36.0 Å². The van der Waals surface area contributed by atoms with Gasteiger partial charge in [0, 0.05) is 28.1 Å². The number of benzene rings is 2. The minimum atomic E-state index is -0.412. The van der Waals surface area contributed by atoms with Crippen LogP contribution in [0.15, 0.2) is 42.5 Å². The summed E-state index contributed by atoms with van der Waals surface area (Å²) in [6, 6.07) is 11.8. The van der Waals surface area contributed by atoms with Crippen molar-refractivity contribution in [2.75, 3.05) is 12.4 Å². The molecule has 4 rings (SSSR count). The molecule has 0 unspecified atom stereocenters. The highest BCUT2D eigenvalue weighted by atomic mass is 35.5. The number of halogens is 1. The predicted molar refractivity (Wildman–Crippen MR) is 108 cm³/mol. The minimum Gasteiger partial charge on any atom is -0.298 e. The molecule has 0 atom stereocenters. The molecule has 0 radical (unpaired) electrons. The summed E-state index contributed by atoms with van der Waals surface area (Å²) in [6.07, 6.45) is 0. The lowest BCUT2D eigenvalue weighted by Crippen LogP contribution is -2.24. The summed E-state index contributed by atoms with van der Waals surface area (Å²) in [5.41, 5.74) is 2.50. The first kappa shape index (κ1) is 18.3. The first-order valence-electron chi connectivity index (χ1n) is 8.36. The summed E-state index contributed by atoms with van der Waals surface area (Å²) in [5, 5.41) is 3.85. The molecule has 3 amide bonds. The number of anilines is 1. The number of hydrogen-bond acceptors (Lipinski definition) is 5. The molecule has 2 heterocycles. The number of carbonyl (C=O) groups excluding carboxylic acids is 3. The second-order valence-electron chi connectivity index (χ2n) is 6.31. The van der Waals surface area contributed by atoms with Crippen LogP contribution in [-0.4, -0.2) is 34.7 Å². The van der Waals surface area contributed by atoms with E-state index in [-0.39, 0.29) is 17.0 Å². The maximum Gasteiger partial charge on any atom is 0.261 e. The quantitative estimate of drug-likeness (QED) is 0.653. The number of aromatic nitrogens is 1. The topological polar surface area (TPSA) is 79.4 Å². The molecule has 0 spiro atoms. The Morgan fingerprint density at radius 1 is 1.07 bits per heavy atom. The lowest BCUT2D eigenvalue weighted by atomic mass is 10.1. The smallest absolute Gasteiger partial charge is 0.261 e. The van der Waals surface area contributed by atoms with Crippen LogP contribution in [0.2, 0.25) is 5.02 Å². The lowest BCUT2D eigenvalue weighted by molar-refractivity contribution is 0.0693. The van der Waals surface area contributed by atoms with Gasteiger partial charge in [0.1, 0.15) is 0 Å². The van der Waals surface area contributed by atoms with Gasteiger partial charge in [-0.15, -0.1) is 11.3 Å². The van der Waals surface area contributed by atoms with Crippen LogP contribution in [-0.2, 0) is 0 Å². The summed E-state index contributed by atoms with van der Waals surface area (Å²) in [4.78, 5) is 43.2. The first-order chi connectivity index (χ1) is 13.3. The Kier molecular flexibility index (Phi) is 4.49. The Morgan fingerprint density at radius 2 is 1.75 bits per heavy atom. The van der Waals surface area contributed by atoms with Gasteiger partial charge in [-0.1, -0.05) is 23.7 Å². The largest absolute Gasteiger partial charge is 0.298 e. The van der Waals surface area contributed by atoms with Crippen LogP contribution < -0.4 is 5.32 Å². The van der Waals surface area contributed by atoms with Gasteiger partial charge in [0.2, 0.25) is 0 Å². The van der Waals surface area contributed by atoms with E-state index in [0.717, 1.165) is 21.0 Å². The average molecular weight is 412 g/mol. The van der Waals surface area contributed by atoms with E-state index in [1.807, 2.05) is 19.1 Å². The van der Waals surface area contributed by atoms with Crippen molar-refractivity contribution in [2.24, 2.45) is 0 Å². The van der Waals surface area contributed by atoms with Gasteiger partial charge >= 0.3 is 0 Å². The summed E-state index contributed by atoms with van der Waals surface area (Å²) in [6.45, 7) is 1.92. The number of amides is 3. The van der Waals surface area contributed by atoms with Crippen molar-refractivity contribution < 1.29 is 14.4 Å². The summed E-state index contributed by atoms with van der Waals surface area (Å²) in [5.74, 6) is -1.17. The molecule has 0 aliphatic carbocycles. The van der Waals surface area contributed by atoms with Gasteiger partial charge in [0.05, 0.1) is 16.8 Å². The predicted octanol–water partition coefficient (Wildman–Crippen LogP) is 4.25. The molecule has 1 N–H and O–H groups in total. The van der Waals surface area contributed by atoms with E-state index >= 15 is 0 Å². The Bertz CT molecular complexity index is 1140. The molecule has 0 saturated carbocycles. The van der Waals surface area contributed by atoms with Gasteiger partial charge < -0.3 is 0 Å². The van der Waals surface area contributed by atoms with Crippen molar-refractivity contribution in [1.82, 2.24) is 9.88 Å². The fourth-order valence-electron chi connectivity index (χ4n) is 3.00. The van der Waals surface area contributed by atoms with Crippen LogP contribution in [0.25, 0.3) is 11.3 Å². The number of nitrogens with one attached hydrogen (secondary N) is 1. The van der Waals surface area contributed by atoms with Gasteiger partial charge in [0.25, 0.3) is 17.7 Å². The number of thiazole rings is 1. The van der Waals surface area contributed by atoms with E-state index < -0.39 is 11.8 Å². The van der Waals surface area contributed by atoms with Crippen molar-refractivity contribution in [1.29, 1.82) is 0 Å². The molecule has 1 aromatic heterocycles. The number of aryl methyl sites for hydroxylation is 1. The summed E-state index contributed by atoms with van der Waals surface area (Å²) < 4.78 is 0. The molecule has 28 heavy (non-hydrogen) atoms. The number of hydrogen-bond donors (Lipinski definition) is 1. The second kappa shape index (κ2) is 6.85. The number of carbonyl (C=O) groups is 3. The molecule has 3 aromatic rings. The zero-order chi connectivity index (χ0) is 20.0. The normalized spacial score (nSPS) is 13.0. The first-order valence-corrected chi connectivity index (χ1v) is 9.56. The van der Waals surface area contributed by atoms with Gasteiger partial charge in [-0.2, -0.15) is 0 Å². The lowest BCUT2D eigenvalue weighted by Gasteiger charge is -2.03. The number of imide groups is 1. The van der Waals surface area contributed by atoms with Crippen molar-refractivity contribution in [3.8, 4) is 11.3 Å². The summed E-state index contributed by atoms with van der Waals surface area (Å²) in [7, 11) is 1.42. The zero-order valence-electron chi connectivity index (χ0n) is 14.9. The molecule has 0 saturated heterocycles. The van der Waals surface area contributed by atoms with E-state index in [1.54, 1.807) is 12.1 Å². The van der Waals surface area contributed by atoms with Gasteiger partial charge in [0.15, 0.2) is 5.13 Å². The Hall–Kier alpha value is -3.03. The third-order valence-corrected chi connectivity index (χ3v) is 5.62. The van der Waals surface area contributed by atoms with Crippen LogP contribution in [0.3, 0.4) is 0 Å². The Labute approximate surface area is 169 Å². The molecular formula is C20H14ClN3O3S. The van der Waals surface area contributed by atoms with Crippen molar-refractivity contribution in [3.63, 3.8) is 0 Å². The van der Waals surface area contributed by atoms with Crippen LogP contribution in [0.4, 0.5) is 5.13 Å². The molecule has 2 aromatic carbocycles. The molecule has 6 nitrogen and oxygen atoms in total. The van der Waals surface area contributed by atoms with E-state index in [0.29, 0.717) is 15.7 Å². The molecule has 0 fully saturated rings. The summed E-state index contributed by atoms with van der Waals surface area (Å²) >= 11 is 7.28. The van der Waals surface area contributed by atoms with E-state index in [2.05, 4.69) is 10.3 Å². The van der Waals surface area contributed by atoms with Crippen LogP contribution in [0, 0.1) is 6.92 Å². The van der Waals surface area contributed by atoms with Crippen molar-refractivity contribution in [3.05, 3.63) is 69.1 Å². The molecule has 140 valence electrons. The number of fused-ring (bicyclic) bond motifs is 1. The van der Waals surface area contributed by atoms with E-state index in [9.17, 15) is 14.4 Å². The van der Waals surface area contributed by atoms with E-state index in [1.165, 1.54) is 36.6 Å². The fraction of sp³-hybridized carbons (Fsp3) is 0.100. The molecule has 8 heteroatoms. The van der Waals surface area contributed by atoms with E-state index in [4.69, 9.17) is 11.6 Å². The highest BCUT2D eigenvalue weighted by Crippen LogP contribution is 2.31. The maximum atomic E-state index is 12.6. The standard InChI is InChI=1S/C20H14ClN3O3S/c1-10-16(11-3-6-13(21)7-4-11)22-20(28-10)23-17(25)12-5-8-14-15(9-12)19(27)24(2)18(14)26/h3-9H,1-2H3,(H,22,23,25). The number of rotatable bonds is 3. The van der Waals surface area contributed by atoms with Gasteiger partial charge in [-0.05, 0) is 37.3 Å². The van der Waals surface area contributed by atoms with Gasteiger partial charge in [-0.25, -0.2) is 4.98 Å². The average Bonchev–Trinajstić information content (AvgIpc) is 3.15. The highest BCUT2D eigenvalue weighted by molar-refractivity contribution is 7.16. The van der Waals surface area contributed by atoms with Crippen LogP contribution in [0.5, 0.6) is 0 Å². The Balaban J connectivity index is 1.58. The molecule has 0 bridgehead atoms. The monoisotopic (exact) mass is 411 g/mol. The second-order valence-corrected chi connectivity index (χ2v) is 7.95. The third-order valence-electron chi connectivity index (χ3n) is 4.49. The zero-order valence-corrected chi connectivity index (χ0v) is 16.5. The molecule has 1 aliphatic rings. The van der Waals surface area contributed by atoms with Crippen molar-refractivity contribution >= 4 is 45.8 Å². The van der Waals surface area contributed by atoms with Gasteiger partial charge in [-0.3, -0.25) is 24.6 Å². The van der Waals surface area contributed by atoms with Crippen LogP contribution >= 0.6 is 22.9 Å². The maximum absolute atomic E-state index is 12.6. The Morgan fingerprint density at radius 3 is 2.46 bits per heavy atom. The minimum absolute atomic E-state index is 0.234. The van der Waals surface area contributed by atoms with Crippen molar-refractivity contribution in [2.45, 2.75) is 6.92 Å². The highest BCUT2D eigenvalue weighted by Gasteiger charge is 2.33. The number of nitrogens with zero attached hydrogens (tertiary/aromatic N) is 2. The fourth-order valence-corrected chi connectivity index (χ4v) is 3.95.